The molecule has 108 valence electrons. The first-order valence-electron chi connectivity index (χ1n) is 6.94. The van der Waals surface area contributed by atoms with E-state index in [4.69, 9.17) is 4.74 Å². The van der Waals surface area contributed by atoms with Gasteiger partial charge < -0.3 is 9.84 Å². The van der Waals surface area contributed by atoms with Crippen LogP contribution in [-0.4, -0.2) is 22.2 Å². The molecule has 0 bridgehead atoms. The smallest absolute Gasteiger partial charge is 0.232 e. The van der Waals surface area contributed by atoms with Crippen LogP contribution in [0.1, 0.15) is 59.1 Å². The Labute approximate surface area is 116 Å². The molecule has 1 unspecified atom stereocenters. The van der Waals surface area contributed by atoms with E-state index in [1.165, 1.54) is 0 Å². The first-order chi connectivity index (χ1) is 8.85. The molecule has 0 saturated carbocycles. The third-order valence-electron chi connectivity index (χ3n) is 3.63. The molecule has 0 spiro atoms. The van der Waals surface area contributed by atoms with Crippen LogP contribution in [0.4, 0.5) is 0 Å². The molecule has 1 N–H and O–H groups in total. The maximum absolute atomic E-state index is 11.1. The van der Waals surface area contributed by atoms with Crippen LogP contribution in [0.5, 0.6) is 5.88 Å². The number of aromatic nitrogens is 2. The monoisotopic (exact) mass is 266 g/mol. The van der Waals surface area contributed by atoms with Gasteiger partial charge in [-0.15, -0.1) is 0 Å². The number of hydrogen-bond donors (Lipinski definition) is 1. The highest BCUT2D eigenvalue weighted by molar-refractivity contribution is 5.17. The van der Waals surface area contributed by atoms with E-state index in [1.54, 1.807) is 19.5 Å². The number of hydrogen-bond acceptors (Lipinski definition) is 4. The highest BCUT2D eigenvalue weighted by atomic mass is 16.5. The molecule has 4 nitrogen and oxygen atoms in total. The van der Waals surface area contributed by atoms with E-state index in [0.717, 1.165) is 19.3 Å². The quantitative estimate of drug-likeness (QED) is 0.803. The second-order valence-corrected chi connectivity index (χ2v) is 6.01. The summed E-state index contributed by atoms with van der Waals surface area (Å²) in [6, 6.07) is 0. The predicted molar refractivity (Wildman–Crippen MR) is 76.1 cm³/mol. The second kappa shape index (κ2) is 6.33. The fourth-order valence-electron chi connectivity index (χ4n) is 2.16. The van der Waals surface area contributed by atoms with Crippen LogP contribution in [0.3, 0.4) is 0 Å². The topological polar surface area (TPSA) is 55.2 Å². The molecule has 1 heterocycles. The van der Waals surface area contributed by atoms with Gasteiger partial charge in [-0.05, 0) is 11.8 Å². The van der Waals surface area contributed by atoms with Gasteiger partial charge in [0.25, 0.3) is 0 Å². The fraction of sp³-hybridized carbons (Fsp3) is 0.733. The SMILES string of the molecule is CCCCCC(O)(c1cncc(OC)n1)C(C)(C)C. The fourth-order valence-corrected chi connectivity index (χ4v) is 2.16. The molecule has 0 radical (unpaired) electrons. The molecule has 1 aromatic rings. The lowest BCUT2D eigenvalue weighted by Gasteiger charge is -2.39. The van der Waals surface area contributed by atoms with Crippen LogP contribution in [-0.2, 0) is 5.60 Å². The minimum absolute atomic E-state index is 0.304. The summed E-state index contributed by atoms with van der Waals surface area (Å²) in [5.41, 5.74) is -0.693. The molecule has 1 atom stereocenters. The number of ether oxygens (including phenoxy) is 1. The Balaban J connectivity index is 3.08. The summed E-state index contributed by atoms with van der Waals surface area (Å²) in [5, 5.41) is 11.1. The van der Waals surface area contributed by atoms with Crippen molar-refractivity contribution in [2.24, 2.45) is 5.41 Å². The normalized spacial score (nSPS) is 15.1. The van der Waals surface area contributed by atoms with Gasteiger partial charge in [0.15, 0.2) is 0 Å². The van der Waals surface area contributed by atoms with Crippen molar-refractivity contribution in [1.29, 1.82) is 0 Å². The molecule has 0 aliphatic heterocycles. The van der Waals surface area contributed by atoms with Crippen molar-refractivity contribution in [3.05, 3.63) is 18.1 Å². The molecular weight excluding hydrogens is 240 g/mol. The Kier molecular flexibility index (Phi) is 5.29. The Hall–Kier alpha value is -1.16. The van der Waals surface area contributed by atoms with Gasteiger partial charge in [0, 0.05) is 0 Å². The minimum Gasteiger partial charge on any atom is -0.480 e. The molecule has 0 saturated heterocycles. The number of rotatable bonds is 6. The maximum atomic E-state index is 11.1. The molecule has 0 amide bonds. The van der Waals surface area contributed by atoms with Gasteiger partial charge in [-0.25, -0.2) is 4.98 Å². The van der Waals surface area contributed by atoms with Crippen molar-refractivity contribution in [1.82, 2.24) is 9.97 Å². The highest BCUT2D eigenvalue weighted by Crippen LogP contribution is 2.42. The largest absolute Gasteiger partial charge is 0.480 e. The van der Waals surface area contributed by atoms with Crippen LogP contribution in [0.25, 0.3) is 0 Å². The molecule has 4 heteroatoms. The zero-order valence-corrected chi connectivity index (χ0v) is 12.7. The van der Waals surface area contributed by atoms with Crippen LogP contribution >= 0.6 is 0 Å². The zero-order valence-electron chi connectivity index (χ0n) is 12.7. The average Bonchev–Trinajstić information content (AvgIpc) is 2.37. The molecule has 0 aliphatic rings. The Bertz CT molecular complexity index is 401. The molecule has 0 fully saturated rings. The van der Waals surface area contributed by atoms with Gasteiger partial charge >= 0.3 is 0 Å². The van der Waals surface area contributed by atoms with Gasteiger partial charge in [0.1, 0.15) is 5.60 Å². The van der Waals surface area contributed by atoms with Crippen LogP contribution in [0.15, 0.2) is 12.4 Å². The van der Waals surface area contributed by atoms with Crippen LogP contribution in [0.2, 0.25) is 0 Å². The van der Waals surface area contributed by atoms with E-state index >= 15 is 0 Å². The predicted octanol–water partition coefficient (Wildman–Crippen LogP) is 3.30. The van der Waals surface area contributed by atoms with Gasteiger partial charge in [-0.1, -0.05) is 47.0 Å². The Morgan fingerprint density at radius 2 is 1.89 bits per heavy atom. The average molecular weight is 266 g/mol. The van der Waals surface area contributed by atoms with E-state index in [9.17, 15) is 5.11 Å². The van der Waals surface area contributed by atoms with Crippen molar-refractivity contribution in [3.63, 3.8) is 0 Å². The van der Waals surface area contributed by atoms with E-state index in [0.29, 0.717) is 18.0 Å². The first kappa shape index (κ1) is 15.9. The lowest BCUT2D eigenvalue weighted by Crippen LogP contribution is -2.41. The number of unbranched alkanes of at least 4 members (excludes halogenated alkanes) is 2. The lowest BCUT2D eigenvalue weighted by molar-refractivity contribution is -0.0769. The third kappa shape index (κ3) is 3.66. The lowest BCUT2D eigenvalue weighted by atomic mass is 9.71. The van der Waals surface area contributed by atoms with Gasteiger partial charge in [0.05, 0.1) is 25.2 Å². The first-order valence-corrected chi connectivity index (χ1v) is 6.94. The Morgan fingerprint density at radius 1 is 1.21 bits per heavy atom. The summed E-state index contributed by atoms with van der Waals surface area (Å²) in [4.78, 5) is 8.49. The second-order valence-electron chi connectivity index (χ2n) is 6.01. The summed E-state index contributed by atoms with van der Waals surface area (Å²) in [6.45, 7) is 8.24. The van der Waals surface area contributed by atoms with Gasteiger partial charge in [0.2, 0.25) is 5.88 Å². The molecule has 1 rings (SSSR count). The van der Waals surface area contributed by atoms with E-state index in [2.05, 4.69) is 16.9 Å². The molecule has 19 heavy (non-hydrogen) atoms. The van der Waals surface area contributed by atoms with Crippen molar-refractivity contribution >= 4 is 0 Å². The summed E-state index contributed by atoms with van der Waals surface area (Å²) in [7, 11) is 1.56. The highest BCUT2D eigenvalue weighted by Gasteiger charge is 2.42. The van der Waals surface area contributed by atoms with Gasteiger partial charge in [-0.3, -0.25) is 4.98 Å². The van der Waals surface area contributed by atoms with E-state index in [-0.39, 0.29) is 5.41 Å². The molecule has 0 aromatic carbocycles. The standard InChI is InChI=1S/C15H26N2O2/c1-6-7-8-9-15(18,14(2,3)4)12-10-16-11-13(17-12)19-5/h10-11,18H,6-9H2,1-5H3. The van der Waals surface area contributed by atoms with Crippen molar-refractivity contribution in [2.75, 3.05) is 7.11 Å². The molecule has 1 aromatic heterocycles. The van der Waals surface area contributed by atoms with Crippen molar-refractivity contribution in [3.8, 4) is 5.88 Å². The van der Waals surface area contributed by atoms with Crippen LogP contribution in [0, 0.1) is 5.41 Å². The summed E-state index contributed by atoms with van der Waals surface area (Å²) >= 11 is 0. The minimum atomic E-state index is -0.982. The summed E-state index contributed by atoms with van der Waals surface area (Å²) in [6.07, 6.45) is 7.09. The maximum Gasteiger partial charge on any atom is 0.232 e. The Morgan fingerprint density at radius 3 is 2.42 bits per heavy atom. The number of aliphatic hydroxyl groups is 1. The van der Waals surface area contributed by atoms with Crippen molar-refractivity contribution < 1.29 is 9.84 Å². The third-order valence-corrected chi connectivity index (χ3v) is 3.63. The van der Waals surface area contributed by atoms with E-state index in [1.807, 2.05) is 20.8 Å². The van der Waals surface area contributed by atoms with Crippen LogP contribution < -0.4 is 4.74 Å². The van der Waals surface area contributed by atoms with E-state index < -0.39 is 5.60 Å². The molecular formula is C15H26N2O2. The van der Waals surface area contributed by atoms with Gasteiger partial charge in [-0.2, -0.15) is 0 Å². The summed E-state index contributed by atoms with van der Waals surface area (Å²) < 4.78 is 5.10. The van der Waals surface area contributed by atoms with Crippen molar-refractivity contribution in [2.45, 2.75) is 59.0 Å². The number of methoxy groups -OCH3 is 1. The number of nitrogens with zero attached hydrogens (tertiary/aromatic N) is 2. The zero-order chi connectivity index (χ0) is 14.5. The summed E-state index contributed by atoms with van der Waals surface area (Å²) in [5.74, 6) is 0.440. The molecule has 0 aliphatic carbocycles.